The average Bonchev–Trinajstić information content (AvgIpc) is 2.78. The standard InChI is InChI=1S/C11H19NO3/c1-8(13)7-12(9-5-6-9)10(14)15-11(2,3)4/h9H,5-7H2,1-4H3. The van der Waals surface area contributed by atoms with Gasteiger partial charge in [0.15, 0.2) is 0 Å². The van der Waals surface area contributed by atoms with Crippen molar-refractivity contribution in [1.29, 1.82) is 0 Å². The van der Waals surface area contributed by atoms with Crippen LogP contribution in [0.2, 0.25) is 0 Å². The lowest BCUT2D eigenvalue weighted by atomic mass is 10.2. The molecule has 0 aromatic carbocycles. The summed E-state index contributed by atoms with van der Waals surface area (Å²) in [6.45, 7) is 7.12. The number of nitrogens with zero attached hydrogens (tertiary/aromatic N) is 1. The highest BCUT2D eigenvalue weighted by atomic mass is 16.6. The smallest absolute Gasteiger partial charge is 0.410 e. The molecule has 1 aliphatic carbocycles. The fourth-order valence-electron chi connectivity index (χ4n) is 1.29. The monoisotopic (exact) mass is 213 g/mol. The maximum absolute atomic E-state index is 11.7. The van der Waals surface area contributed by atoms with Gasteiger partial charge < -0.3 is 4.74 Å². The van der Waals surface area contributed by atoms with E-state index in [4.69, 9.17) is 4.74 Å². The number of Topliss-reactive ketones (excluding diaryl/α,β-unsaturated/α-hetero) is 1. The van der Waals surface area contributed by atoms with Gasteiger partial charge in [-0.3, -0.25) is 9.69 Å². The second-order valence-electron chi connectivity index (χ2n) is 5.04. The second kappa shape index (κ2) is 4.21. The van der Waals surface area contributed by atoms with Crippen LogP contribution in [0.3, 0.4) is 0 Å². The Hall–Kier alpha value is -1.06. The van der Waals surface area contributed by atoms with Gasteiger partial charge in [0.05, 0.1) is 6.54 Å². The normalized spacial score (nSPS) is 16.0. The van der Waals surface area contributed by atoms with Crippen LogP contribution in [0.5, 0.6) is 0 Å². The van der Waals surface area contributed by atoms with Gasteiger partial charge in [-0.05, 0) is 40.5 Å². The summed E-state index contributed by atoms with van der Waals surface area (Å²) in [6.07, 6.45) is 1.58. The van der Waals surface area contributed by atoms with Gasteiger partial charge in [0.1, 0.15) is 11.4 Å². The van der Waals surface area contributed by atoms with Crippen molar-refractivity contribution < 1.29 is 14.3 Å². The minimum atomic E-state index is -0.499. The minimum absolute atomic E-state index is 0.00670. The maximum atomic E-state index is 11.7. The third kappa shape index (κ3) is 4.32. The Morgan fingerprint density at radius 2 is 1.87 bits per heavy atom. The molecule has 0 aromatic rings. The van der Waals surface area contributed by atoms with Gasteiger partial charge in [-0.1, -0.05) is 0 Å². The van der Waals surface area contributed by atoms with E-state index in [2.05, 4.69) is 0 Å². The lowest BCUT2D eigenvalue weighted by molar-refractivity contribution is -0.118. The molecule has 1 fully saturated rings. The first-order chi connectivity index (χ1) is 6.79. The van der Waals surface area contributed by atoms with Crippen LogP contribution >= 0.6 is 0 Å². The van der Waals surface area contributed by atoms with Gasteiger partial charge in [-0.25, -0.2) is 4.79 Å². The molecular weight excluding hydrogens is 194 g/mol. The van der Waals surface area contributed by atoms with Crippen molar-refractivity contribution in [2.45, 2.75) is 52.2 Å². The number of carbonyl (C=O) groups is 2. The van der Waals surface area contributed by atoms with Crippen molar-refractivity contribution >= 4 is 11.9 Å². The third-order valence-electron chi connectivity index (χ3n) is 2.01. The Balaban J connectivity index is 2.55. The van der Waals surface area contributed by atoms with Gasteiger partial charge >= 0.3 is 6.09 Å². The maximum Gasteiger partial charge on any atom is 0.410 e. The number of ketones is 1. The molecule has 0 bridgehead atoms. The van der Waals surface area contributed by atoms with Crippen molar-refractivity contribution in [1.82, 2.24) is 4.90 Å². The van der Waals surface area contributed by atoms with Crippen LogP contribution < -0.4 is 0 Å². The van der Waals surface area contributed by atoms with Crippen molar-refractivity contribution in [3.8, 4) is 0 Å². The van der Waals surface area contributed by atoms with E-state index in [1.54, 1.807) is 0 Å². The second-order valence-corrected chi connectivity index (χ2v) is 5.04. The molecular formula is C11H19NO3. The molecule has 0 aliphatic heterocycles. The average molecular weight is 213 g/mol. The largest absolute Gasteiger partial charge is 0.444 e. The molecule has 0 N–H and O–H groups in total. The summed E-state index contributed by atoms with van der Waals surface area (Å²) >= 11 is 0. The lowest BCUT2D eigenvalue weighted by Crippen LogP contribution is -2.40. The van der Waals surface area contributed by atoms with Gasteiger partial charge in [0.25, 0.3) is 0 Å². The Labute approximate surface area is 90.6 Å². The fourth-order valence-corrected chi connectivity index (χ4v) is 1.29. The third-order valence-corrected chi connectivity index (χ3v) is 2.01. The van der Waals surface area contributed by atoms with E-state index in [0.717, 1.165) is 12.8 Å². The van der Waals surface area contributed by atoms with E-state index >= 15 is 0 Å². The van der Waals surface area contributed by atoms with Crippen molar-refractivity contribution in [3.05, 3.63) is 0 Å². The molecule has 0 saturated heterocycles. The van der Waals surface area contributed by atoms with Gasteiger partial charge in [-0.15, -0.1) is 0 Å². The topological polar surface area (TPSA) is 46.6 Å². The minimum Gasteiger partial charge on any atom is -0.444 e. The van der Waals surface area contributed by atoms with E-state index in [-0.39, 0.29) is 24.5 Å². The van der Waals surface area contributed by atoms with E-state index in [1.807, 2.05) is 20.8 Å². The molecule has 4 nitrogen and oxygen atoms in total. The molecule has 15 heavy (non-hydrogen) atoms. The quantitative estimate of drug-likeness (QED) is 0.720. The molecule has 4 heteroatoms. The summed E-state index contributed by atoms with van der Waals surface area (Å²) in [5.41, 5.74) is -0.499. The predicted octanol–water partition coefficient (Wildman–Crippen LogP) is 1.97. The zero-order valence-corrected chi connectivity index (χ0v) is 9.87. The Kier molecular flexibility index (Phi) is 3.37. The number of hydrogen-bond donors (Lipinski definition) is 0. The predicted molar refractivity (Wildman–Crippen MR) is 56.6 cm³/mol. The highest BCUT2D eigenvalue weighted by Crippen LogP contribution is 2.28. The van der Waals surface area contributed by atoms with Crippen LogP contribution in [0.25, 0.3) is 0 Å². The fraction of sp³-hybridized carbons (Fsp3) is 0.818. The lowest BCUT2D eigenvalue weighted by Gasteiger charge is -2.26. The molecule has 1 saturated carbocycles. The number of amides is 1. The molecule has 0 unspecified atom stereocenters. The Morgan fingerprint density at radius 1 is 1.33 bits per heavy atom. The van der Waals surface area contributed by atoms with E-state index in [0.29, 0.717) is 0 Å². The van der Waals surface area contributed by atoms with Crippen LogP contribution in [-0.2, 0) is 9.53 Å². The van der Waals surface area contributed by atoms with E-state index in [9.17, 15) is 9.59 Å². The molecule has 86 valence electrons. The molecule has 1 aliphatic rings. The first-order valence-electron chi connectivity index (χ1n) is 5.28. The molecule has 0 heterocycles. The highest BCUT2D eigenvalue weighted by Gasteiger charge is 2.35. The van der Waals surface area contributed by atoms with Crippen LogP contribution in [0, 0.1) is 0 Å². The molecule has 1 amide bonds. The van der Waals surface area contributed by atoms with Crippen molar-refractivity contribution in [2.24, 2.45) is 0 Å². The van der Waals surface area contributed by atoms with E-state index < -0.39 is 5.60 Å². The summed E-state index contributed by atoms with van der Waals surface area (Å²) in [7, 11) is 0. The van der Waals surface area contributed by atoms with Crippen molar-refractivity contribution in [3.63, 3.8) is 0 Å². The number of ether oxygens (including phenoxy) is 1. The van der Waals surface area contributed by atoms with Crippen molar-refractivity contribution in [2.75, 3.05) is 6.54 Å². The first kappa shape index (κ1) is 12.0. The van der Waals surface area contributed by atoms with E-state index in [1.165, 1.54) is 11.8 Å². The molecule has 0 spiro atoms. The summed E-state index contributed by atoms with van der Waals surface area (Å²) in [5, 5.41) is 0. The zero-order chi connectivity index (χ0) is 11.6. The summed E-state index contributed by atoms with van der Waals surface area (Å²) in [5.74, 6) is -0.00670. The van der Waals surface area contributed by atoms with Crippen LogP contribution in [0.15, 0.2) is 0 Å². The number of carbonyl (C=O) groups excluding carboxylic acids is 2. The Bertz CT molecular complexity index is 263. The van der Waals surface area contributed by atoms with Crippen LogP contribution in [0.4, 0.5) is 4.79 Å². The number of hydrogen-bond acceptors (Lipinski definition) is 3. The summed E-state index contributed by atoms with van der Waals surface area (Å²) in [4.78, 5) is 24.3. The molecule has 0 aromatic heterocycles. The summed E-state index contributed by atoms with van der Waals surface area (Å²) in [6, 6.07) is 0.212. The van der Waals surface area contributed by atoms with Gasteiger partial charge in [0, 0.05) is 6.04 Å². The SMILES string of the molecule is CC(=O)CN(C(=O)OC(C)(C)C)C1CC1. The number of rotatable bonds is 3. The van der Waals surface area contributed by atoms with Crippen LogP contribution in [0.1, 0.15) is 40.5 Å². The zero-order valence-electron chi connectivity index (χ0n) is 9.87. The first-order valence-corrected chi connectivity index (χ1v) is 5.28. The summed E-state index contributed by atoms with van der Waals surface area (Å²) < 4.78 is 5.24. The molecule has 0 atom stereocenters. The molecule has 0 radical (unpaired) electrons. The highest BCUT2D eigenvalue weighted by molar-refractivity contribution is 5.82. The van der Waals surface area contributed by atoms with Gasteiger partial charge in [-0.2, -0.15) is 0 Å². The Morgan fingerprint density at radius 3 is 2.20 bits per heavy atom. The van der Waals surface area contributed by atoms with Crippen LogP contribution in [-0.4, -0.2) is 35.0 Å². The van der Waals surface area contributed by atoms with Gasteiger partial charge in [0.2, 0.25) is 0 Å². The molecule has 1 rings (SSSR count).